The first-order valence-corrected chi connectivity index (χ1v) is 15.2. The maximum atomic E-state index is 14.8. The lowest BCUT2D eigenvalue weighted by atomic mass is 10.1. The largest absolute Gasteiger partial charge is 0.463 e. The number of aryl methyl sites for hydroxylation is 1. The number of aromatic nitrogens is 2. The van der Waals surface area contributed by atoms with Crippen LogP contribution in [0.1, 0.15) is 35.2 Å². The number of aliphatic hydroxyl groups is 2. The molecule has 49 heavy (non-hydrogen) atoms. The van der Waals surface area contributed by atoms with Gasteiger partial charge in [0.05, 0.1) is 42.3 Å². The standard InChI is InChI=1S/C34H36FN5O9/c1-21-3-2-4-23(15-21)39-34(46)40-28-7-6-25(18-27(28)35)49-26-9-10-36-30(19-26)29-16-22(20-37-29)33(45)38-24(17-32(44)48-14-12-42)5-8-31(43)47-13-11-41/h2-4,6-7,9-10,15-16,18-20,24,37,41-42H,5,8,11-14,17H2,1H3,(H,38,45)(H2,39,40,46). The quantitative estimate of drug-likeness (QED) is 0.0929. The number of anilines is 2. The van der Waals surface area contributed by atoms with Crippen LogP contribution in [-0.2, 0) is 19.1 Å². The highest BCUT2D eigenvalue weighted by Crippen LogP contribution is 2.28. The fourth-order valence-electron chi connectivity index (χ4n) is 4.54. The molecule has 4 rings (SSSR count). The highest BCUT2D eigenvalue weighted by Gasteiger charge is 2.21. The Morgan fingerprint density at radius 2 is 1.67 bits per heavy atom. The van der Waals surface area contributed by atoms with Gasteiger partial charge in [0.25, 0.3) is 5.91 Å². The van der Waals surface area contributed by atoms with Crippen LogP contribution in [0.4, 0.5) is 20.6 Å². The lowest BCUT2D eigenvalue weighted by Gasteiger charge is -2.17. The third kappa shape index (κ3) is 11.4. The molecule has 6 N–H and O–H groups in total. The number of ether oxygens (including phenoxy) is 3. The monoisotopic (exact) mass is 677 g/mol. The van der Waals surface area contributed by atoms with Gasteiger partial charge in [0.1, 0.15) is 30.5 Å². The normalized spacial score (nSPS) is 11.3. The van der Waals surface area contributed by atoms with E-state index >= 15 is 0 Å². The molecule has 0 spiro atoms. The molecule has 1 unspecified atom stereocenters. The molecule has 1 atom stereocenters. The van der Waals surface area contributed by atoms with E-state index < -0.39 is 35.7 Å². The molecule has 0 saturated heterocycles. The molecule has 0 bridgehead atoms. The van der Waals surface area contributed by atoms with Gasteiger partial charge in [-0.25, -0.2) is 9.18 Å². The molecule has 0 aliphatic rings. The fraction of sp³-hybridized carbons (Fsp3) is 0.265. The first-order chi connectivity index (χ1) is 23.6. The zero-order valence-electron chi connectivity index (χ0n) is 26.5. The van der Waals surface area contributed by atoms with Crippen molar-refractivity contribution in [2.45, 2.75) is 32.2 Å². The molecule has 4 aromatic rings. The first kappa shape index (κ1) is 36.0. The molecule has 0 aliphatic carbocycles. The number of carbonyl (C=O) groups is 4. The molecule has 15 heteroatoms. The van der Waals surface area contributed by atoms with E-state index in [0.29, 0.717) is 22.8 Å². The van der Waals surface area contributed by atoms with Crippen molar-refractivity contribution < 1.29 is 48.0 Å². The SMILES string of the molecule is Cc1cccc(NC(=O)Nc2ccc(Oc3ccnc(-c4cc(C(=O)NC(CCC(=O)OCCO)CC(=O)OCCO)c[nH]4)c3)cc2F)c1. The van der Waals surface area contributed by atoms with E-state index in [0.717, 1.165) is 11.6 Å². The number of amides is 3. The lowest BCUT2D eigenvalue weighted by Crippen LogP contribution is -2.37. The smallest absolute Gasteiger partial charge is 0.323 e. The maximum absolute atomic E-state index is 14.8. The number of benzene rings is 2. The number of carbonyl (C=O) groups excluding carboxylic acids is 4. The van der Waals surface area contributed by atoms with Crippen LogP contribution < -0.4 is 20.7 Å². The minimum Gasteiger partial charge on any atom is -0.463 e. The molecule has 2 aromatic heterocycles. The van der Waals surface area contributed by atoms with Gasteiger partial charge in [0, 0.05) is 42.7 Å². The van der Waals surface area contributed by atoms with E-state index in [4.69, 9.17) is 24.4 Å². The van der Waals surface area contributed by atoms with Crippen molar-refractivity contribution in [3.05, 3.63) is 90.0 Å². The first-order valence-electron chi connectivity index (χ1n) is 15.2. The zero-order valence-corrected chi connectivity index (χ0v) is 26.5. The van der Waals surface area contributed by atoms with Gasteiger partial charge < -0.3 is 45.4 Å². The number of hydrogen-bond donors (Lipinski definition) is 6. The maximum Gasteiger partial charge on any atom is 0.323 e. The predicted molar refractivity (Wildman–Crippen MR) is 176 cm³/mol. The second kappa shape index (κ2) is 17.9. The molecule has 2 aromatic carbocycles. The van der Waals surface area contributed by atoms with Crippen molar-refractivity contribution >= 4 is 35.3 Å². The molecule has 2 heterocycles. The van der Waals surface area contributed by atoms with Crippen LogP contribution in [0.5, 0.6) is 11.5 Å². The number of urea groups is 1. The molecular weight excluding hydrogens is 641 g/mol. The van der Waals surface area contributed by atoms with Gasteiger partial charge in [-0.3, -0.25) is 19.4 Å². The molecule has 14 nitrogen and oxygen atoms in total. The summed E-state index contributed by atoms with van der Waals surface area (Å²) < 4.78 is 30.4. The molecule has 0 fully saturated rings. The molecular formula is C34H36FN5O9. The number of rotatable bonds is 16. The topological polar surface area (TPSA) is 201 Å². The predicted octanol–water partition coefficient (Wildman–Crippen LogP) is 4.30. The van der Waals surface area contributed by atoms with Gasteiger partial charge in [0.15, 0.2) is 0 Å². The molecule has 3 amide bonds. The number of hydrogen-bond acceptors (Lipinski definition) is 10. The van der Waals surface area contributed by atoms with Crippen molar-refractivity contribution in [3.8, 4) is 22.9 Å². The zero-order chi connectivity index (χ0) is 35.2. The van der Waals surface area contributed by atoms with E-state index in [2.05, 4.69) is 25.9 Å². The number of esters is 2. The highest BCUT2D eigenvalue weighted by atomic mass is 19.1. The van der Waals surface area contributed by atoms with Crippen LogP contribution in [0.2, 0.25) is 0 Å². The van der Waals surface area contributed by atoms with Gasteiger partial charge in [-0.15, -0.1) is 0 Å². The summed E-state index contributed by atoms with van der Waals surface area (Å²) in [7, 11) is 0. The van der Waals surface area contributed by atoms with Crippen LogP contribution in [0.15, 0.2) is 73.1 Å². The van der Waals surface area contributed by atoms with E-state index in [1.807, 2.05) is 13.0 Å². The van der Waals surface area contributed by atoms with Crippen molar-refractivity contribution in [1.29, 1.82) is 0 Å². The Labute approximate surface area is 280 Å². The van der Waals surface area contributed by atoms with Crippen LogP contribution in [0.3, 0.4) is 0 Å². The van der Waals surface area contributed by atoms with Crippen molar-refractivity contribution in [1.82, 2.24) is 15.3 Å². The average Bonchev–Trinajstić information content (AvgIpc) is 3.58. The Bertz CT molecular complexity index is 1760. The minimum atomic E-state index is -0.793. The second-order valence-electron chi connectivity index (χ2n) is 10.7. The molecule has 258 valence electrons. The Kier molecular flexibility index (Phi) is 13.2. The number of pyridine rings is 1. The Morgan fingerprint density at radius 1 is 0.918 bits per heavy atom. The average molecular weight is 678 g/mol. The van der Waals surface area contributed by atoms with E-state index in [1.54, 1.807) is 30.3 Å². The summed E-state index contributed by atoms with van der Waals surface area (Å²) >= 11 is 0. The highest BCUT2D eigenvalue weighted by molar-refractivity contribution is 6.00. The molecule has 0 radical (unpaired) electrons. The number of nitrogens with one attached hydrogen (secondary N) is 4. The van der Waals surface area contributed by atoms with Crippen molar-refractivity contribution in [2.75, 3.05) is 37.1 Å². The number of halogens is 1. The number of H-pyrrole nitrogens is 1. The Morgan fingerprint density at radius 3 is 2.41 bits per heavy atom. The van der Waals surface area contributed by atoms with Crippen LogP contribution in [-0.4, -0.2) is 76.5 Å². The molecule has 0 aliphatic heterocycles. The van der Waals surface area contributed by atoms with Crippen LogP contribution >= 0.6 is 0 Å². The summed E-state index contributed by atoms with van der Waals surface area (Å²) in [6.07, 6.45) is 2.58. The van der Waals surface area contributed by atoms with Gasteiger partial charge >= 0.3 is 18.0 Å². The summed E-state index contributed by atoms with van der Waals surface area (Å²) in [4.78, 5) is 56.7. The fourth-order valence-corrected chi connectivity index (χ4v) is 4.54. The Balaban J connectivity index is 1.37. The number of aromatic amines is 1. The van der Waals surface area contributed by atoms with E-state index in [9.17, 15) is 23.6 Å². The molecule has 0 saturated carbocycles. The third-order valence-electron chi connectivity index (χ3n) is 6.81. The van der Waals surface area contributed by atoms with Gasteiger partial charge in [0.2, 0.25) is 0 Å². The van der Waals surface area contributed by atoms with E-state index in [1.165, 1.54) is 30.6 Å². The van der Waals surface area contributed by atoms with Crippen LogP contribution in [0, 0.1) is 12.7 Å². The summed E-state index contributed by atoms with van der Waals surface area (Å²) in [6, 6.07) is 14.4. The summed E-state index contributed by atoms with van der Waals surface area (Å²) in [5.74, 6) is -2.06. The summed E-state index contributed by atoms with van der Waals surface area (Å²) in [6.45, 7) is 0.812. The van der Waals surface area contributed by atoms with Gasteiger partial charge in [-0.2, -0.15) is 0 Å². The van der Waals surface area contributed by atoms with Gasteiger partial charge in [-0.1, -0.05) is 12.1 Å². The van der Waals surface area contributed by atoms with E-state index in [-0.39, 0.29) is 62.7 Å². The van der Waals surface area contributed by atoms with Crippen LogP contribution in [0.25, 0.3) is 11.4 Å². The number of aliphatic hydroxyl groups excluding tert-OH is 2. The minimum absolute atomic E-state index is 0.0453. The summed E-state index contributed by atoms with van der Waals surface area (Å²) in [5.41, 5.74) is 2.54. The third-order valence-corrected chi connectivity index (χ3v) is 6.81. The van der Waals surface area contributed by atoms with Crippen molar-refractivity contribution in [2.24, 2.45) is 0 Å². The summed E-state index contributed by atoms with van der Waals surface area (Å²) in [5, 5.41) is 25.6. The number of nitrogens with zero attached hydrogens (tertiary/aromatic N) is 1. The lowest BCUT2D eigenvalue weighted by molar-refractivity contribution is -0.147. The van der Waals surface area contributed by atoms with Crippen molar-refractivity contribution in [3.63, 3.8) is 0 Å². The Hall–Kier alpha value is -5.80. The van der Waals surface area contributed by atoms with Gasteiger partial charge in [-0.05, 0) is 55.3 Å². The second-order valence-corrected chi connectivity index (χ2v) is 10.7.